The smallest absolute Gasteiger partial charge is 0.0889 e. The molecule has 2 rings (SSSR count). The molecule has 20 heavy (non-hydrogen) atoms. The highest BCUT2D eigenvalue weighted by Gasteiger charge is 2.19. The summed E-state index contributed by atoms with van der Waals surface area (Å²) in [6, 6.07) is 4.90. The summed E-state index contributed by atoms with van der Waals surface area (Å²) in [6.07, 6.45) is 4.57. The van der Waals surface area contributed by atoms with Crippen LogP contribution in [0.25, 0.3) is 0 Å². The summed E-state index contributed by atoms with van der Waals surface area (Å²) in [7, 11) is 0. The standard InChI is InChI=1S/C16H26N2O2/c1-13(2)11-19-7-8-20-12-16-4-3-14(10-18-16)9-17-15-5-6-15/h3-4,10,13,15,17H,5-9,11-12H2,1-2H3. The maximum absolute atomic E-state index is 5.55. The van der Waals surface area contributed by atoms with Crippen LogP contribution in [-0.4, -0.2) is 30.8 Å². The van der Waals surface area contributed by atoms with Crippen molar-refractivity contribution in [1.29, 1.82) is 0 Å². The molecule has 112 valence electrons. The lowest BCUT2D eigenvalue weighted by atomic mass is 10.2. The lowest BCUT2D eigenvalue weighted by Crippen LogP contribution is -2.15. The van der Waals surface area contributed by atoms with E-state index >= 15 is 0 Å². The fourth-order valence-electron chi connectivity index (χ4n) is 1.81. The maximum Gasteiger partial charge on any atom is 0.0889 e. The van der Waals surface area contributed by atoms with Gasteiger partial charge in [-0.25, -0.2) is 0 Å². The topological polar surface area (TPSA) is 43.4 Å². The van der Waals surface area contributed by atoms with E-state index in [0.717, 1.165) is 24.9 Å². The van der Waals surface area contributed by atoms with Crippen LogP contribution in [0.15, 0.2) is 18.3 Å². The molecule has 1 saturated carbocycles. The molecule has 1 heterocycles. The average Bonchev–Trinajstić information content (AvgIpc) is 3.25. The fraction of sp³-hybridized carbons (Fsp3) is 0.688. The van der Waals surface area contributed by atoms with E-state index in [1.165, 1.54) is 18.4 Å². The monoisotopic (exact) mass is 278 g/mol. The third kappa shape index (κ3) is 6.46. The van der Waals surface area contributed by atoms with Gasteiger partial charge in [0.2, 0.25) is 0 Å². The number of pyridine rings is 1. The van der Waals surface area contributed by atoms with E-state index in [-0.39, 0.29) is 0 Å². The van der Waals surface area contributed by atoms with Crippen LogP contribution in [0.2, 0.25) is 0 Å². The molecule has 1 aromatic heterocycles. The van der Waals surface area contributed by atoms with Crippen LogP contribution in [0.4, 0.5) is 0 Å². The molecule has 0 unspecified atom stereocenters. The molecule has 0 radical (unpaired) electrons. The van der Waals surface area contributed by atoms with Crippen molar-refractivity contribution in [1.82, 2.24) is 10.3 Å². The first-order valence-corrected chi connectivity index (χ1v) is 7.56. The zero-order chi connectivity index (χ0) is 14.2. The van der Waals surface area contributed by atoms with Gasteiger partial charge >= 0.3 is 0 Å². The summed E-state index contributed by atoms with van der Waals surface area (Å²) in [4.78, 5) is 4.42. The summed E-state index contributed by atoms with van der Waals surface area (Å²) >= 11 is 0. The molecule has 0 saturated heterocycles. The van der Waals surface area contributed by atoms with Gasteiger partial charge in [0.1, 0.15) is 0 Å². The normalized spacial score (nSPS) is 14.9. The summed E-state index contributed by atoms with van der Waals surface area (Å²) in [6.45, 7) is 7.84. The number of ether oxygens (including phenoxy) is 2. The lowest BCUT2D eigenvalue weighted by Gasteiger charge is -2.08. The minimum absolute atomic E-state index is 0.557. The van der Waals surface area contributed by atoms with E-state index in [0.29, 0.717) is 25.7 Å². The van der Waals surface area contributed by atoms with E-state index in [2.05, 4.69) is 30.2 Å². The highest BCUT2D eigenvalue weighted by atomic mass is 16.5. The van der Waals surface area contributed by atoms with Gasteiger partial charge in [-0.15, -0.1) is 0 Å². The predicted molar refractivity (Wildman–Crippen MR) is 79.4 cm³/mol. The van der Waals surface area contributed by atoms with Crippen molar-refractivity contribution in [2.75, 3.05) is 19.8 Å². The molecule has 0 atom stereocenters. The summed E-state index contributed by atoms with van der Waals surface area (Å²) < 4.78 is 11.0. The van der Waals surface area contributed by atoms with Gasteiger partial charge in [0.05, 0.1) is 25.5 Å². The van der Waals surface area contributed by atoms with E-state index in [1.54, 1.807) is 0 Å². The average molecular weight is 278 g/mol. The molecule has 0 aliphatic heterocycles. The molecule has 0 bridgehead atoms. The molecule has 1 aliphatic rings. The fourth-order valence-corrected chi connectivity index (χ4v) is 1.81. The van der Waals surface area contributed by atoms with E-state index in [4.69, 9.17) is 9.47 Å². The SMILES string of the molecule is CC(C)COCCOCc1ccc(CNC2CC2)cn1. The van der Waals surface area contributed by atoms with Crippen LogP contribution in [0.1, 0.15) is 37.9 Å². The molecule has 0 amide bonds. The van der Waals surface area contributed by atoms with Gasteiger partial charge in [-0.2, -0.15) is 0 Å². The number of nitrogens with one attached hydrogen (secondary N) is 1. The zero-order valence-corrected chi connectivity index (χ0v) is 12.6. The molecule has 1 aromatic rings. The summed E-state index contributed by atoms with van der Waals surface area (Å²) in [5.41, 5.74) is 2.21. The molecule has 1 aliphatic carbocycles. The molecular weight excluding hydrogens is 252 g/mol. The van der Waals surface area contributed by atoms with Crippen molar-refractivity contribution >= 4 is 0 Å². The third-order valence-electron chi connectivity index (χ3n) is 3.13. The van der Waals surface area contributed by atoms with E-state index < -0.39 is 0 Å². The van der Waals surface area contributed by atoms with Crippen molar-refractivity contribution in [3.63, 3.8) is 0 Å². The van der Waals surface area contributed by atoms with Gasteiger partial charge in [0.15, 0.2) is 0 Å². The number of hydrogen-bond acceptors (Lipinski definition) is 4. The first-order chi connectivity index (χ1) is 9.74. The van der Waals surface area contributed by atoms with Gasteiger partial charge in [-0.05, 0) is 30.4 Å². The minimum atomic E-state index is 0.557. The molecule has 0 spiro atoms. The Bertz CT molecular complexity index is 375. The molecule has 1 fully saturated rings. The van der Waals surface area contributed by atoms with Crippen LogP contribution in [0.5, 0.6) is 0 Å². The van der Waals surface area contributed by atoms with Crippen LogP contribution in [0.3, 0.4) is 0 Å². The largest absolute Gasteiger partial charge is 0.379 e. The van der Waals surface area contributed by atoms with Gasteiger partial charge in [0, 0.05) is 25.4 Å². The first-order valence-electron chi connectivity index (χ1n) is 7.56. The van der Waals surface area contributed by atoms with Crippen LogP contribution >= 0.6 is 0 Å². The summed E-state index contributed by atoms with van der Waals surface area (Å²) in [5.74, 6) is 0.577. The van der Waals surface area contributed by atoms with Crippen molar-refractivity contribution in [3.05, 3.63) is 29.6 Å². The second kappa shape index (κ2) is 8.35. The molecule has 4 nitrogen and oxygen atoms in total. The molecule has 1 N–H and O–H groups in total. The third-order valence-corrected chi connectivity index (χ3v) is 3.13. The second-order valence-electron chi connectivity index (χ2n) is 5.83. The Morgan fingerprint density at radius 3 is 2.70 bits per heavy atom. The Labute approximate surface area is 121 Å². The van der Waals surface area contributed by atoms with E-state index in [1.807, 2.05) is 12.3 Å². The van der Waals surface area contributed by atoms with E-state index in [9.17, 15) is 0 Å². The highest BCUT2D eigenvalue weighted by molar-refractivity contribution is 5.13. The van der Waals surface area contributed by atoms with Crippen molar-refractivity contribution in [2.45, 2.75) is 45.9 Å². The van der Waals surface area contributed by atoms with Crippen LogP contribution in [0, 0.1) is 5.92 Å². The van der Waals surface area contributed by atoms with Crippen molar-refractivity contribution in [3.8, 4) is 0 Å². The molecule has 0 aromatic carbocycles. The predicted octanol–water partition coefficient (Wildman–Crippen LogP) is 2.52. The van der Waals surface area contributed by atoms with Crippen LogP contribution < -0.4 is 5.32 Å². The second-order valence-corrected chi connectivity index (χ2v) is 5.83. The van der Waals surface area contributed by atoms with Gasteiger partial charge in [-0.3, -0.25) is 4.98 Å². The summed E-state index contributed by atoms with van der Waals surface area (Å²) in [5, 5.41) is 3.48. The number of rotatable bonds is 10. The van der Waals surface area contributed by atoms with Crippen molar-refractivity contribution in [2.24, 2.45) is 5.92 Å². The number of nitrogens with zero attached hydrogens (tertiary/aromatic N) is 1. The Kier molecular flexibility index (Phi) is 6.43. The Morgan fingerprint density at radius 1 is 1.25 bits per heavy atom. The zero-order valence-electron chi connectivity index (χ0n) is 12.6. The number of aromatic nitrogens is 1. The highest BCUT2D eigenvalue weighted by Crippen LogP contribution is 2.19. The quantitative estimate of drug-likeness (QED) is 0.668. The van der Waals surface area contributed by atoms with Crippen molar-refractivity contribution < 1.29 is 9.47 Å². The lowest BCUT2D eigenvalue weighted by molar-refractivity contribution is 0.0305. The molecular formula is C16H26N2O2. The minimum Gasteiger partial charge on any atom is -0.379 e. The Hall–Kier alpha value is -0.970. The Balaban J connectivity index is 1.55. The Morgan fingerprint density at radius 2 is 2.05 bits per heavy atom. The van der Waals surface area contributed by atoms with Gasteiger partial charge in [-0.1, -0.05) is 19.9 Å². The van der Waals surface area contributed by atoms with Gasteiger partial charge in [0.25, 0.3) is 0 Å². The number of hydrogen-bond donors (Lipinski definition) is 1. The molecule has 4 heteroatoms. The first kappa shape index (κ1) is 15.4. The van der Waals surface area contributed by atoms with Gasteiger partial charge < -0.3 is 14.8 Å². The van der Waals surface area contributed by atoms with Crippen LogP contribution in [-0.2, 0) is 22.6 Å². The maximum atomic E-state index is 5.55.